The number of urea groups is 1. The average molecular weight is 544 g/mol. The maximum Gasteiger partial charge on any atom is 0.321 e. The van der Waals surface area contributed by atoms with Gasteiger partial charge in [0.1, 0.15) is 11.6 Å². The largest absolute Gasteiger partial charge is 0.335 e. The molecule has 1 aromatic carbocycles. The molecule has 2 amide bonds. The summed E-state index contributed by atoms with van der Waals surface area (Å²) in [6.45, 7) is 9.60. The van der Waals surface area contributed by atoms with Crippen molar-refractivity contribution in [2.75, 3.05) is 44.6 Å². The Morgan fingerprint density at radius 1 is 1.08 bits per heavy atom. The molecule has 4 rings (SSSR count). The van der Waals surface area contributed by atoms with Gasteiger partial charge in [-0.3, -0.25) is 19.8 Å². The summed E-state index contributed by atoms with van der Waals surface area (Å²) in [7, 11) is 0. The molecule has 0 radical (unpaired) electrons. The molecule has 2 aliphatic heterocycles. The molecule has 2 fully saturated rings. The molecule has 0 spiro atoms. The minimum absolute atomic E-state index is 0.0379. The Morgan fingerprint density at radius 2 is 1.84 bits per heavy atom. The number of rotatable bonds is 9. The van der Waals surface area contributed by atoms with Gasteiger partial charge < -0.3 is 10.2 Å². The number of aromatic nitrogens is 1. The fraction of sp³-hybridized carbons (Fsp3) is 0.571. The van der Waals surface area contributed by atoms with Gasteiger partial charge in [-0.15, -0.1) is 0 Å². The first kappa shape index (κ1) is 28.3. The zero-order valence-electron chi connectivity index (χ0n) is 22.5. The Balaban J connectivity index is 1.38. The predicted molar refractivity (Wildman–Crippen MR) is 147 cm³/mol. The van der Waals surface area contributed by atoms with Crippen molar-refractivity contribution in [3.8, 4) is 0 Å². The predicted octanol–water partition coefficient (Wildman–Crippen LogP) is 4.15. The van der Waals surface area contributed by atoms with Crippen LogP contribution in [0.2, 0.25) is 0 Å². The van der Waals surface area contributed by atoms with Gasteiger partial charge in [0, 0.05) is 45.1 Å². The number of aryl methyl sites for hydroxylation is 1. The van der Waals surface area contributed by atoms with E-state index in [0.717, 1.165) is 64.0 Å². The number of carbonyl (C=O) groups is 3. The average Bonchev–Trinajstić information content (AvgIpc) is 3.22. The lowest BCUT2D eigenvalue weighted by molar-refractivity contribution is -0.118. The number of nitrogens with zero attached hydrogens (tertiary/aromatic N) is 3. The van der Waals surface area contributed by atoms with Crippen molar-refractivity contribution >= 4 is 34.1 Å². The van der Waals surface area contributed by atoms with Crippen LogP contribution in [0.4, 0.5) is 14.3 Å². The molecule has 2 N–H and O–H groups in total. The first-order chi connectivity index (χ1) is 18.2. The lowest BCUT2D eigenvalue weighted by atomic mass is 9.88. The molecular weight excluding hydrogens is 505 g/mol. The summed E-state index contributed by atoms with van der Waals surface area (Å²) in [6, 6.07) is 6.43. The Labute approximate surface area is 228 Å². The highest BCUT2D eigenvalue weighted by atomic mass is 32.1. The van der Waals surface area contributed by atoms with E-state index in [1.807, 2.05) is 12.1 Å². The van der Waals surface area contributed by atoms with Crippen molar-refractivity contribution in [1.29, 1.82) is 0 Å². The Bertz CT molecular complexity index is 1140. The van der Waals surface area contributed by atoms with Gasteiger partial charge in [0.05, 0.1) is 17.1 Å². The third-order valence-electron chi connectivity index (χ3n) is 7.45. The number of hydrogen-bond acceptors (Lipinski definition) is 7. The van der Waals surface area contributed by atoms with Crippen LogP contribution in [-0.4, -0.2) is 77.7 Å². The topological polar surface area (TPSA) is 94.6 Å². The molecule has 8 nitrogen and oxygen atoms in total. The van der Waals surface area contributed by atoms with Gasteiger partial charge in [-0.1, -0.05) is 23.5 Å². The number of benzene rings is 1. The third-order valence-corrected chi connectivity index (χ3v) is 8.62. The molecule has 2 saturated heterocycles. The van der Waals surface area contributed by atoms with Crippen molar-refractivity contribution in [2.45, 2.75) is 52.5 Å². The number of halogens is 1. The monoisotopic (exact) mass is 543 g/mol. The zero-order chi connectivity index (χ0) is 27.2. The number of anilines is 1. The number of amides is 2. The number of thiazole rings is 1. The summed E-state index contributed by atoms with van der Waals surface area (Å²) >= 11 is 1.19. The number of piperidine rings is 2. The number of carbonyl (C=O) groups excluding carboxylic acids is 3. The summed E-state index contributed by atoms with van der Waals surface area (Å²) in [6.07, 6.45) is 3.94. The molecule has 10 heteroatoms. The maximum absolute atomic E-state index is 13.3. The van der Waals surface area contributed by atoms with Gasteiger partial charge in [0.25, 0.3) is 0 Å². The molecule has 2 aliphatic rings. The van der Waals surface area contributed by atoms with Crippen molar-refractivity contribution in [2.24, 2.45) is 11.8 Å². The smallest absolute Gasteiger partial charge is 0.321 e. The zero-order valence-corrected chi connectivity index (χ0v) is 23.3. The van der Waals surface area contributed by atoms with E-state index in [4.69, 9.17) is 0 Å². The molecule has 38 heavy (non-hydrogen) atoms. The molecule has 0 saturated carbocycles. The molecule has 206 valence electrons. The van der Waals surface area contributed by atoms with E-state index in [-0.39, 0.29) is 35.4 Å². The van der Waals surface area contributed by atoms with Crippen LogP contribution in [-0.2, 0) is 11.2 Å². The summed E-state index contributed by atoms with van der Waals surface area (Å²) in [4.78, 5) is 46.0. The van der Waals surface area contributed by atoms with Gasteiger partial charge in [-0.05, 0) is 69.7 Å². The third kappa shape index (κ3) is 7.91. The maximum atomic E-state index is 13.3. The molecule has 1 unspecified atom stereocenters. The number of likely N-dealkylation sites (tertiary alicyclic amines) is 2. The molecule has 0 bridgehead atoms. The Hall–Kier alpha value is -2.69. The Morgan fingerprint density at radius 3 is 2.53 bits per heavy atom. The van der Waals surface area contributed by atoms with Gasteiger partial charge in [-0.25, -0.2) is 14.2 Å². The normalized spacial score (nSPS) is 22.7. The van der Waals surface area contributed by atoms with Gasteiger partial charge in [-0.2, -0.15) is 0 Å². The van der Waals surface area contributed by atoms with E-state index in [0.29, 0.717) is 28.2 Å². The van der Waals surface area contributed by atoms with Crippen LogP contribution in [0.5, 0.6) is 0 Å². The van der Waals surface area contributed by atoms with E-state index >= 15 is 0 Å². The van der Waals surface area contributed by atoms with E-state index in [1.165, 1.54) is 30.4 Å². The molecule has 3 heterocycles. The number of ketones is 2. The van der Waals surface area contributed by atoms with Crippen LogP contribution in [0.1, 0.15) is 54.0 Å². The highest BCUT2D eigenvalue weighted by Gasteiger charge is 2.33. The van der Waals surface area contributed by atoms with Gasteiger partial charge in [0.15, 0.2) is 10.9 Å². The molecule has 1 aromatic heterocycles. The molecule has 0 aliphatic carbocycles. The first-order valence-electron chi connectivity index (χ1n) is 13.4. The van der Waals surface area contributed by atoms with Crippen molar-refractivity contribution < 1.29 is 18.8 Å². The quantitative estimate of drug-likeness (QED) is 0.462. The number of nitrogens with one attached hydrogen (secondary N) is 2. The van der Waals surface area contributed by atoms with Crippen molar-refractivity contribution in [3.63, 3.8) is 0 Å². The van der Waals surface area contributed by atoms with E-state index in [2.05, 4.69) is 25.4 Å². The minimum atomic E-state index is -0.322. The van der Waals surface area contributed by atoms with Crippen LogP contribution < -0.4 is 10.6 Å². The summed E-state index contributed by atoms with van der Waals surface area (Å²) in [5.74, 6) is 0.545. The fourth-order valence-corrected chi connectivity index (χ4v) is 6.65. The highest BCUT2D eigenvalue weighted by Crippen LogP contribution is 2.26. The van der Waals surface area contributed by atoms with Crippen molar-refractivity contribution in [3.05, 3.63) is 46.2 Å². The summed E-state index contributed by atoms with van der Waals surface area (Å²) in [5, 5.41) is 6.37. The second-order valence-corrected chi connectivity index (χ2v) is 11.8. The lowest BCUT2D eigenvalue weighted by Crippen LogP contribution is -2.56. The van der Waals surface area contributed by atoms with Crippen LogP contribution in [0.25, 0.3) is 0 Å². The Kier molecular flexibility index (Phi) is 9.62. The van der Waals surface area contributed by atoms with E-state index in [9.17, 15) is 18.8 Å². The molecular formula is C28H38FN5O3S. The van der Waals surface area contributed by atoms with Crippen LogP contribution in [0.3, 0.4) is 0 Å². The van der Waals surface area contributed by atoms with Gasteiger partial charge in [0.2, 0.25) is 0 Å². The van der Waals surface area contributed by atoms with Crippen LogP contribution in [0, 0.1) is 24.6 Å². The minimum Gasteiger partial charge on any atom is -0.335 e. The fourth-order valence-electron chi connectivity index (χ4n) is 5.79. The second kappa shape index (κ2) is 12.9. The van der Waals surface area contributed by atoms with Crippen LogP contribution in [0.15, 0.2) is 24.3 Å². The van der Waals surface area contributed by atoms with Crippen molar-refractivity contribution in [1.82, 2.24) is 20.1 Å². The number of Topliss-reactive ketones (excluding diaryl/α,β-unsaturated/α-hetero) is 2. The van der Waals surface area contributed by atoms with Gasteiger partial charge >= 0.3 is 6.03 Å². The van der Waals surface area contributed by atoms with E-state index < -0.39 is 0 Å². The summed E-state index contributed by atoms with van der Waals surface area (Å²) in [5.41, 5.74) is 1.78. The molecule has 3 atom stereocenters. The first-order valence-corrected chi connectivity index (χ1v) is 14.2. The standard InChI is InChI=1S/C28H38FN5O3S/c1-18(35)14-34-12-10-25(31-27(37)32-28-30-19(2)26(38-28)20(3)36)23(17-34)16-33-11-4-5-22(15-33)13-21-6-8-24(29)9-7-21/h6-9,22-23,25H,4-5,10-17H2,1-3H3,(H2,30,31,32,37)/t22?,23-,25-/m1/s1. The SMILES string of the molecule is CC(=O)CN1CC[C@@H](NC(=O)Nc2nc(C)c(C(C)=O)s2)[C@H](CN2CCCC(Cc3ccc(F)cc3)C2)C1. The molecule has 2 aromatic rings. The summed E-state index contributed by atoms with van der Waals surface area (Å²) < 4.78 is 13.3. The lowest BCUT2D eigenvalue weighted by Gasteiger charge is -2.42. The number of hydrogen-bond donors (Lipinski definition) is 2. The van der Waals surface area contributed by atoms with Crippen LogP contribution >= 0.6 is 11.3 Å². The second-order valence-electron chi connectivity index (χ2n) is 10.8. The highest BCUT2D eigenvalue weighted by molar-refractivity contribution is 7.17. The van der Waals surface area contributed by atoms with E-state index in [1.54, 1.807) is 13.8 Å².